The van der Waals surface area contributed by atoms with Gasteiger partial charge in [-0.15, -0.1) is 0 Å². The maximum atomic E-state index is 12.1. The Kier molecular flexibility index (Phi) is 5.36. The Bertz CT molecular complexity index is 611. The van der Waals surface area contributed by atoms with Crippen molar-refractivity contribution in [1.29, 1.82) is 0 Å². The molecular formula is C17H22N2O4. The van der Waals surface area contributed by atoms with Crippen LogP contribution in [0.15, 0.2) is 18.2 Å². The van der Waals surface area contributed by atoms with Crippen LogP contribution in [-0.4, -0.2) is 36.3 Å². The highest BCUT2D eigenvalue weighted by Gasteiger charge is 2.29. The van der Waals surface area contributed by atoms with Crippen molar-refractivity contribution in [3.63, 3.8) is 0 Å². The molecule has 1 N–H and O–H groups in total. The first-order chi connectivity index (χ1) is 10.9. The summed E-state index contributed by atoms with van der Waals surface area (Å²) in [6.45, 7) is 3.99. The van der Waals surface area contributed by atoms with E-state index in [1.165, 1.54) is 0 Å². The fraction of sp³-hybridized carbons (Fsp3) is 0.471. The van der Waals surface area contributed by atoms with Crippen molar-refractivity contribution in [3.8, 4) is 5.75 Å². The zero-order valence-corrected chi connectivity index (χ0v) is 13.7. The number of carbonyl (C=O) groups excluding carboxylic acids is 3. The monoisotopic (exact) mass is 318 g/mol. The second-order valence-electron chi connectivity index (χ2n) is 5.72. The number of carbonyl (C=O) groups is 3. The van der Waals surface area contributed by atoms with Crippen molar-refractivity contribution in [3.05, 3.63) is 29.3 Å². The van der Waals surface area contributed by atoms with Gasteiger partial charge in [-0.2, -0.15) is 0 Å². The second kappa shape index (κ2) is 7.26. The minimum absolute atomic E-state index is 0.107. The smallest absolute Gasteiger partial charge is 0.229 e. The number of methoxy groups -OCH3 is 1. The SMILES string of the molecule is COc1ccc(C)cc1[C@@H](C)NC(=O)CCN1C(=O)CCC1=O. The van der Waals surface area contributed by atoms with E-state index < -0.39 is 0 Å². The quantitative estimate of drug-likeness (QED) is 0.810. The van der Waals surface area contributed by atoms with Crippen LogP contribution < -0.4 is 10.1 Å². The molecule has 1 saturated heterocycles. The van der Waals surface area contributed by atoms with Crippen molar-refractivity contribution >= 4 is 17.7 Å². The van der Waals surface area contributed by atoms with Crippen molar-refractivity contribution in [1.82, 2.24) is 10.2 Å². The highest BCUT2D eigenvalue weighted by Crippen LogP contribution is 2.26. The molecule has 0 aromatic heterocycles. The van der Waals surface area contributed by atoms with E-state index in [0.29, 0.717) is 5.75 Å². The molecule has 23 heavy (non-hydrogen) atoms. The van der Waals surface area contributed by atoms with E-state index in [2.05, 4.69) is 5.32 Å². The van der Waals surface area contributed by atoms with Crippen LogP contribution in [-0.2, 0) is 14.4 Å². The number of hydrogen-bond acceptors (Lipinski definition) is 4. The molecule has 1 fully saturated rings. The molecule has 1 atom stereocenters. The predicted molar refractivity (Wildman–Crippen MR) is 84.9 cm³/mol. The number of nitrogens with one attached hydrogen (secondary N) is 1. The lowest BCUT2D eigenvalue weighted by Gasteiger charge is -2.19. The number of rotatable bonds is 6. The molecule has 1 aliphatic heterocycles. The molecule has 6 heteroatoms. The number of benzene rings is 1. The zero-order chi connectivity index (χ0) is 17.0. The molecule has 0 spiro atoms. The maximum Gasteiger partial charge on any atom is 0.229 e. The van der Waals surface area contributed by atoms with Crippen LogP contribution >= 0.6 is 0 Å². The summed E-state index contributed by atoms with van der Waals surface area (Å²) in [4.78, 5) is 36.3. The first-order valence-electron chi connectivity index (χ1n) is 7.69. The fourth-order valence-corrected chi connectivity index (χ4v) is 2.67. The number of likely N-dealkylation sites (tertiary alicyclic amines) is 1. The van der Waals surface area contributed by atoms with Gasteiger partial charge in [0, 0.05) is 31.4 Å². The van der Waals surface area contributed by atoms with Crippen LogP contribution in [0, 0.1) is 6.92 Å². The molecule has 0 radical (unpaired) electrons. The van der Waals surface area contributed by atoms with Gasteiger partial charge in [0.2, 0.25) is 17.7 Å². The van der Waals surface area contributed by atoms with Crippen molar-refractivity contribution < 1.29 is 19.1 Å². The second-order valence-corrected chi connectivity index (χ2v) is 5.72. The average Bonchev–Trinajstić information content (AvgIpc) is 2.83. The van der Waals surface area contributed by atoms with Gasteiger partial charge in [0.15, 0.2) is 0 Å². The number of amides is 3. The standard InChI is InChI=1S/C17H22N2O4/c1-11-4-5-14(23-3)13(10-11)12(2)18-15(20)8-9-19-16(21)6-7-17(19)22/h4-5,10,12H,6-9H2,1-3H3,(H,18,20)/t12-/m1/s1. The van der Waals surface area contributed by atoms with Gasteiger partial charge >= 0.3 is 0 Å². The Labute approximate surface area is 135 Å². The Balaban J connectivity index is 1.93. The number of nitrogens with zero attached hydrogens (tertiary/aromatic N) is 1. The molecule has 3 amide bonds. The van der Waals surface area contributed by atoms with Gasteiger partial charge in [-0.1, -0.05) is 17.7 Å². The molecule has 0 unspecified atom stereocenters. The molecule has 0 saturated carbocycles. The molecule has 0 bridgehead atoms. The van der Waals surface area contributed by atoms with Crippen LogP contribution in [0.3, 0.4) is 0 Å². The van der Waals surface area contributed by atoms with Crippen molar-refractivity contribution in [2.24, 2.45) is 0 Å². The van der Waals surface area contributed by atoms with Gasteiger partial charge in [0.25, 0.3) is 0 Å². The Morgan fingerprint density at radius 1 is 1.30 bits per heavy atom. The molecule has 6 nitrogen and oxygen atoms in total. The third kappa shape index (κ3) is 4.09. The third-order valence-corrected chi connectivity index (χ3v) is 3.95. The lowest BCUT2D eigenvalue weighted by molar-refractivity contribution is -0.138. The van der Waals surface area contributed by atoms with Crippen LogP contribution in [0.1, 0.15) is 43.4 Å². The first kappa shape index (κ1) is 17.0. The molecular weight excluding hydrogens is 296 g/mol. The summed E-state index contributed by atoms with van der Waals surface area (Å²) < 4.78 is 5.32. The molecule has 1 aliphatic rings. The third-order valence-electron chi connectivity index (χ3n) is 3.95. The summed E-state index contributed by atoms with van der Waals surface area (Å²) in [5, 5.41) is 2.88. The van der Waals surface area contributed by atoms with Crippen molar-refractivity contribution in [2.75, 3.05) is 13.7 Å². The predicted octanol–water partition coefficient (Wildman–Crippen LogP) is 1.72. The summed E-state index contributed by atoms with van der Waals surface area (Å²) >= 11 is 0. The van der Waals surface area contributed by atoms with E-state index in [-0.39, 0.29) is 49.6 Å². The van der Waals surface area contributed by atoms with Crippen LogP contribution in [0.25, 0.3) is 0 Å². The normalized spacial score (nSPS) is 15.7. The lowest BCUT2D eigenvalue weighted by Crippen LogP contribution is -2.35. The summed E-state index contributed by atoms with van der Waals surface area (Å²) in [5.41, 5.74) is 1.98. The summed E-state index contributed by atoms with van der Waals surface area (Å²) in [6, 6.07) is 5.57. The van der Waals surface area contributed by atoms with Crippen LogP contribution in [0.4, 0.5) is 0 Å². The summed E-state index contributed by atoms with van der Waals surface area (Å²) in [5.74, 6) is 0.120. The van der Waals surface area contributed by atoms with Gasteiger partial charge in [0.1, 0.15) is 5.75 Å². The fourth-order valence-electron chi connectivity index (χ4n) is 2.67. The molecule has 1 aromatic rings. The number of ether oxygens (including phenoxy) is 1. The average molecular weight is 318 g/mol. The molecule has 1 aromatic carbocycles. The zero-order valence-electron chi connectivity index (χ0n) is 13.7. The largest absolute Gasteiger partial charge is 0.496 e. The van der Waals surface area contributed by atoms with E-state index in [9.17, 15) is 14.4 Å². The van der Waals surface area contributed by atoms with Gasteiger partial charge in [-0.25, -0.2) is 0 Å². The topological polar surface area (TPSA) is 75.7 Å². The molecule has 1 heterocycles. The minimum atomic E-state index is -0.220. The van der Waals surface area contributed by atoms with Crippen LogP contribution in [0.2, 0.25) is 0 Å². The Morgan fingerprint density at radius 2 is 1.96 bits per heavy atom. The first-order valence-corrected chi connectivity index (χ1v) is 7.69. The van der Waals surface area contributed by atoms with Gasteiger partial charge < -0.3 is 10.1 Å². The lowest BCUT2D eigenvalue weighted by atomic mass is 10.0. The molecule has 2 rings (SSSR count). The highest BCUT2D eigenvalue weighted by atomic mass is 16.5. The van der Waals surface area contributed by atoms with Gasteiger partial charge in [-0.3, -0.25) is 19.3 Å². The van der Waals surface area contributed by atoms with Gasteiger partial charge in [0.05, 0.1) is 13.2 Å². The van der Waals surface area contributed by atoms with Crippen LogP contribution in [0.5, 0.6) is 5.75 Å². The van der Waals surface area contributed by atoms with Crippen molar-refractivity contribution in [2.45, 2.75) is 39.2 Å². The highest BCUT2D eigenvalue weighted by molar-refractivity contribution is 6.02. The molecule has 124 valence electrons. The summed E-state index contributed by atoms with van der Waals surface area (Å²) in [6.07, 6.45) is 0.602. The van der Waals surface area contributed by atoms with Gasteiger partial charge in [-0.05, 0) is 19.9 Å². The maximum absolute atomic E-state index is 12.1. The number of imide groups is 1. The van der Waals surface area contributed by atoms with E-state index in [0.717, 1.165) is 16.0 Å². The van der Waals surface area contributed by atoms with E-state index in [1.54, 1.807) is 7.11 Å². The van der Waals surface area contributed by atoms with E-state index in [1.807, 2.05) is 32.0 Å². The number of hydrogen-bond donors (Lipinski definition) is 1. The molecule has 0 aliphatic carbocycles. The Hall–Kier alpha value is -2.37. The van der Waals surface area contributed by atoms with E-state index >= 15 is 0 Å². The Morgan fingerprint density at radius 3 is 2.57 bits per heavy atom. The minimum Gasteiger partial charge on any atom is -0.496 e. The van der Waals surface area contributed by atoms with E-state index in [4.69, 9.17) is 4.74 Å². The summed E-state index contributed by atoms with van der Waals surface area (Å²) in [7, 11) is 1.59. The number of aryl methyl sites for hydroxylation is 1.